The number of nitrogens with one attached hydrogen (secondary N) is 8. The first-order chi connectivity index (χ1) is 63.0. The van der Waals surface area contributed by atoms with E-state index in [-0.39, 0.29) is 36.7 Å². The van der Waals surface area contributed by atoms with Crippen molar-refractivity contribution < 1.29 is 166 Å². The number of likely N-dealkylation sites (N-methyl/N-ethyl adjacent to an activating group) is 1. The maximum atomic E-state index is 16.6. The van der Waals surface area contributed by atoms with Crippen LogP contribution in [0.15, 0.2) is 78.9 Å². The molecule has 25 atom stereocenters. The van der Waals surface area contributed by atoms with Crippen LogP contribution in [-0.4, -0.2) is 280 Å². The van der Waals surface area contributed by atoms with Gasteiger partial charge in [0.15, 0.2) is 48.7 Å². The number of phenols is 3. The molecular formula is C85H105Cl2N13O34. The van der Waals surface area contributed by atoms with Gasteiger partial charge in [-0.25, -0.2) is 14.4 Å². The molecule has 728 valence electrons. The average Bonchev–Trinajstić information content (AvgIpc) is 0.761. The van der Waals surface area contributed by atoms with Crippen LogP contribution in [0.1, 0.15) is 145 Å². The first-order valence-electron chi connectivity index (χ1n) is 41.9. The Kier molecular flexibility index (Phi) is 32.7. The molecule has 0 radical (unpaired) electrons. The fourth-order valence-electron chi connectivity index (χ4n) is 15.9. The van der Waals surface area contributed by atoms with Gasteiger partial charge in [-0.2, -0.15) is 0 Å². The van der Waals surface area contributed by atoms with Crippen molar-refractivity contribution in [3.05, 3.63) is 117 Å². The number of carboxylic acids is 1. The lowest BCUT2D eigenvalue weighted by atomic mass is 9.86. The molecule has 134 heavy (non-hydrogen) atoms. The normalized spacial score (nSPS) is 29.1. The number of amides is 10. The second kappa shape index (κ2) is 42.7. The Balaban J connectivity index is 1.07. The van der Waals surface area contributed by atoms with Crippen molar-refractivity contribution in [3.63, 3.8) is 0 Å². The van der Waals surface area contributed by atoms with Crippen LogP contribution < -0.4 is 79.7 Å². The maximum absolute atomic E-state index is 16.6. The first kappa shape index (κ1) is 103. The van der Waals surface area contributed by atoms with Crippen molar-refractivity contribution in [1.29, 1.82) is 0 Å². The molecule has 3 fully saturated rings. The van der Waals surface area contributed by atoms with E-state index in [0.717, 1.165) is 86.8 Å². The van der Waals surface area contributed by atoms with Crippen molar-refractivity contribution in [3.8, 4) is 57.1 Å². The monoisotopic (exact) mass is 1920 g/mol. The van der Waals surface area contributed by atoms with E-state index in [1.54, 1.807) is 13.8 Å². The third-order valence-electron chi connectivity index (χ3n) is 23.1. The predicted molar refractivity (Wildman–Crippen MR) is 457 cm³/mol. The fraction of sp³-hybridized carbons (Fsp3) is 0.494. The lowest BCUT2D eigenvalue weighted by molar-refractivity contribution is -0.333. The summed E-state index contributed by atoms with van der Waals surface area (Å²) >= 11 is 14.6. The van der Waals surface area contributed by atoms with Crippen LogP contribution in [0.2, 0.25) is 10.0 Å². The van der Waals surface area contributed by atoms with Gasteiger partial charge in [0.1, 0.15) is 102 Å². The number of esters is 1. The molecule has 10 amide bonds. The van der Waals surface area contributed by atoms with Crippen molar-refractivity contribution in [1.82, 2.24) is 47.4 Å². The Labute approximate surface area is 772 Å². The highest BCUT2D eigenvalue weighted by Crippen LogP contribution is 2.51. The second-order valence-electron chi connectivity index (χ2n) is 34.1. The molecule has 8 heterocycles. The van der Waals surface area contributed by atoms with Crippen LogP contribution in [0.3, 0.4) is 0 Å². The van der Waals surface area contributed by atoms with Crippen LogP contribution in [0.4, 0.5) is 4.79 Å². The number of nitrogens with two attached hydrogens (primary N) is 4. The number of aldehydes is 1. The number of aliphatic hydroxyl groups excluding tert-OH is 7. The van der Waals surface area contributed by atoms with Gasteiger partial charge in [-0.1, -0.05) is 55.2 Å². The highest BCUT2D eigenvalue weighted by Gasteiger charge is 2.53. The number of phenolic OH excluding ortho intramolecular Hbond substituents is 3. The molecule has 13 rings (SSSR count). The number of carboxylic acid groups (broad SMARTS) is 1. The number of ether oxygens (including phenoxy) is 10. The SMILES string of the molecule is CC(C)CC(C(=O)NC1C(=O)NC(CC(N)=O)C(=O)NC2C(=O)NC3C(=O)NC(C(=O)N[C@@H](C(=O)O)c4cc(O)cc(O)c4-c4cc3ccc4O)[C@H](OC3C[C@](C)(N)C(O)C(C)O3)c3ccc(c(Cl)c3)Oc3cc2cc(c3OC2OC(CO)C(O)C(O)C2OC2C[C@](C)(N)C(O)C(C)O2)Oc2ccc(cc2Cl)[C@@H]1O)N(C)C(=O)OCOC(=O)C(C)NC(=O)C(N)CCC(=O)NC(O)C=O. The molecule has 0 aliphatic carbocycles. The van der Waals surface area contributed by atoms with Crippen LogP contribution in [-0.2, 0) is 90.7 Å². The first-order valence-corrected chi connectivity index (χ1v) is 42.7. The standard InChI is InChI=1S/C85H105Cl2N13O34/c1-31(2)17-46(100(8)83(124)126-30-125-81(123)32(3)92-73(114)44(88)12-16-55(107)94-56(108)29-102)75(116)98-63-65(109)36-10-14-49(42(86)19-36)129-51-21-38-22-52(69(51)134-82-70(67(111)66(110)53(28-101)131-82)133-58-27-85(7,91)72(113)34(5)128-58)130-50-15-11-37(20-43(50)87)68(132-57-26-84(6,90)71(112)33(4)127-57)64-79(120)97-62(80(121)122)41-23-39(103)24-48(105)59(41)40-18-35(9-13-47(40)104)60(76(117)99-64)96-77(118)61(38)95-74(115)45(25-54(89)106)93-78(63)119/h9-11,13-15,18-24,29,31-34,44-46,53,56-58,60-68,70-72,82,101,103-105,108-113H,12,16-17,25-28,30,88,90-91H2,1-8H3,(H2,89,106)(H,92,114)(H,93,119)(H,94,107)(H,95,115)(H,96,118)(H,97,120)(H,98,116)(H,99,117)(H,121,122)/t32?,33?,34?,44?,45?,46?,53?,56?,57?,58?,60?,61?,62-,63?,64?,65+,66?,67?,68-,70?,71?,72?,82?,84+,85+/m1/s1. The Morgan fingerprint density at radius 2 is 1.25 bits per heavy atom. The molecular weight excluding hydrogens is 1820 g/mol. The number of aromatic hydroxyl groups is 3. The van der Waals surface area contributed by atoms with Gasteiger partial charge in [0.2, 0.25) is 72.0 Å². The summed E-state index contributed by atoms with van der Waals surface area (Å²) in [5.74, 6) is -21.3. The van der Waals surface area contributed by atoms with Gasteiger partial charge in [-0.05, 0) is 130 Å². The Morgan fingerprint density at radius 1 is 0.672 bits per heavy atom. The van der Waals surface area contributed by atoms with Gasteiger partial charge in [0.25, 0.3) is 0 Å². The number of hydrogen-bond donors (Lipinski definition) is 23. The van der Waals surface area contributed by atoms with Crippen molar-refractivity contribution in [2.45, 2.75) is 239 Å². The summed E-state index contributed by atoms with van der Waals surface area (Å²) in [7, 11) is 1.05. The number of fused-ring (bicyclic) bond motifs is 15. The predicted octanol–water partition coefficient (Wildman–Crippen LogP) is -2.06. The lowest BCUT2D eigenvalue weighted by Gasteiger charge is -2.47. The van der Waals surface area contributed by atoms with Gasteiger partial charge >= 0.3 is 18.0 Å². The molecule has 8 aliphatic rings. The minimum Gasteiger partial charge on any atom is -0.508 e. The number of halogens is 2. The van der Waals surface area contributed by atoms with Gasteiger partial charge in [0, 0.05) is 60.1 Å². The highest BCUT2D eigenvalue weighted by molar-refractivity contribution is 6.32. The third kappa shape index (κ3) is 23.7. The summed E-state index contributed by atoms with van der Waals surface area (Å²) in [5.41, 5.74) is 18.6. The van der Waals surface area contributed by atoms with E-state index in [0.29, 0.717) is 4.90 Å². The maximum Gasteiger partial charge on any atom is 0.413 e. The summed E-state index contributed by atoms with van der Waals surface area (Å²) in [6.07, 6.45) is -28.5. The molecule has 27 N–H and O–H groups in total. The van der Waals surface area contributed by atoms with E-state index in [1.807, 2.05) is 5.32 Å². The van der Waals surface area contributed by atoms with E-state index in [2.05, 4.69) is 37.2 Å². The molecule has 5 aromatic rings. The smallest absolute Gasteiger partial charge is 0.413 e. The number of benzene rings is 5. The number of carbonyl (C=O) groups excluding carboxylic acids is 12. The fourth-order valence-corrected chi connectivity index (χ4v) is 16.3. The van der Waals surface area contributed by atoms with Crippen LogP contribution in [0, 0.1) is 5.92 Å². The molecule has 11 bridgehead atoms. The summed E-state index contributed by atoms with van der Waals surface area (Å²) < 4.78 is 62.0. The lowest BCUT2D eigenvalue weighted by Crippen LogP contribution is -2.64. The van der Waals surface area contributed by atoms with E-state index < -0.39 is 345 Å². The van der Waals surface area contributed by atoms with Crippen molar-refractivity contribution >= 4 is 101 Å². The molecule has 0 saturated carbocycles. The van der Waals surface area contributed by atoms with Crippen molar-refractivity contribution in [2.24, 2.45) is 28.9 Å². The topological polar surface area (TPSA) is 740 Å². The molecule has 0 spiro atoms. The molecule has 3 saturated heterocycles. The number of carbonyl (C=O) groups is 13. The molecule has 20 unspecified atom stereocenters. The second-order valence-corrected chi connectivity index (χ2v) is 34.9. The van der Waals surface area contributed by atoms with Gasteiger partial charge in [0.05, 0.1) is 53.5 Å². The van der Waals surface area contributed by atoms with Crippen LogP contribution in [0.5, 0.6) is 46.0 Å². The molecule has 47 nitrogen and oxygen atoms in total. The molecule has 5 aromatic carbocycles. The van der Waals surface area contributed by atoms with Gasteiger partial charge < -0.3 is 169 Å². The van der Waals surface area contributed by atoms with Crippen molar-refractivity contribution in [2.75, 3.05) is 20.4 Å². The largest absolute Gasteiger partial charge is 0.508 e. The van der Waals surface area contributed by atoms with Gasteiger partial charge in [-0.3, -0.25) is 52.8 Å². The number of hydrogen-bond acceptors (Lipinski definition) is 36. The summed E-state index contributed by atoms with van der Waals surface area (Å²) in [6, 6.07) is -5.79. The quantitative estimate of drug-likeness (QED) is 0.0170. The summed E-state index contributed by atoms with van der Waals surface area (Å²) in [4.78, 5) is 186. The number of nitrogens with zero attached hydrogens (tertiary/aromatic N) is 1. The Bertz CT molecular complexity index is 5310. The van der Waals surface area contributed by atoms with E-state index >= 15 is 28.8 Å². The third-order valence-corrected chi connectivity index (χ3v) is 23.7. The summed E-state index contributed by atoms with van der Waals surface area (Å²) in [6.45, 7) is 7.96. The Morgan fingerprint density at radius 3 is 1.84 bits per heavy atom. The minimum absolute atomic E-state index is 0.0425. The number of rotatable bonds is 25. The van der Waals surface area contributed by atoms with Crippen LogP contribution >= 0.6 is 23.2 Å². The van der Waals surface area contributed by atoms with Crippen LogP contribution in [0.25, 0.3) is 11.1 Å². The Hall–Kier alpha value is -12.0. The summed E-state index contributed by atoms with van der Waals surface area (Å²) in [5, 5.41) is 143. The van der Waals surface area contributed by atoms with E-state index in [9.17, 15) is 89.7 Å². The number of aliphatic hydroxyl groups is 7. The molecule has 8 aliphatic heterocycles. The van der Waals surface area contributed by atoms with E-state index in [4.69, 9.17) is 93.5 Å². The zero-order valence-electron chi connectivity index (χ0n) is 72.9. The minimum atomic E-state index is -2.51. The number of primary amides is 1. The van der Waals surface area contributed by atoms with E-state index in [1.165, 1.54) is 33.8 Å². The zero-order valence-corrected chi connectivity index (χ0v) is 74.4. The molecule has 0 aromatic heterocycles. The number of aliphatic carboxylic acids is 1. The highest BCUT2D eigenvalue weighted by atomic mass is 35.5. The molecule has 49 heteroatoms. The average molecular weight is 1920 g/mol. The zero-order chi connectivity index (χ0) is 98.5. The van der Waals surface area contributed by atoms with Gasteiger partial charge in [-0.15, -0.1) is 0 Å².